The molecule has 98 valence electrons. The van der Waals surface area contributed by atoms with Crippen LogP contribution >= 0.6 is 11.8 Å². The van der Waals surface area contributed by atoms with Crippen molar-refractivity contribution in [3.05, 3.63) is 22.1 Å². The van der Waals surface area contributed by atoms with E-state index in [2.05, 4.69) is 4.98 Å². The van der Waals surface area contributed by atoms with Gasteiger partial charge in [0.25, 0.3) is 5.56 Å². The zero-order valence-electron chi connectivity index (χ0n) is 10.6. The Hall–Kier alpha value is -1.30. The fourth-order valence-corrected chi connectivity index (χ4v) is 3.04. The highest BCUT2D eigenvalue weighted by Crippen LogP contribution is 2.33. The lowest BCUT2D eigenvalue weighted by atomic mass is 9.92. The molecular formula is C12H16N2O3S. The molecule has 18 heavy (non-hydrogen) atoms. The molecule has 1 aliphatic rings. The molecule has 0 saturated heterocycles. The number of hydrogen-bond donors (Lipinski definition) is 1. The first kappa shape index (κ1) is 13.1. The number of thioether (sulfide) groups is 1. The van der Waals surface area contributed by atoms with Crippen LogP contribution in [-0.2, 0) is 10.2 Å². The molecule has 1 atom stereocenters. The fraction of sp³-hybridized carbons (Fsp3) is 0.583. The average Bonchev–Trinajstić information content (AvgIpc) is 2.59. The number of rotatable bonds is 2. The van der Waals surface area contributed by atoms with Gasteiger partial charge in [0.2, 0.25) is 0 Å². The van der Waals surface area contributed by atoms with Gasteiger partial charge in [-0.05, 0) is 0 Å². The van der Waals surface area contributed by atoms with Crippen molar-refractivity contribution in [3.8, 4) is 0 Å². The molecule has 1 N–H and O–H groups in total. The quantitative estimate of drug-likeness (QED) is 0.826. The van der Waals surface area contributed by atoms with Crippen LogP contribution in [0.15, 0.2) is 16.0 Å². The lowest BCUT2D eigenvalue weighted by molar-refractivity contribution is -0.137. The van der Waals surface area contributed by atoms with E-state index in [1.165, 1.54) is 22.4 Å². The van der Waals surface area contributed by atoms with Crippen molar-refractivity contribution < 1.29 is 9.90 Å². The lowest BCUT2D eigenvalue weighted by Crippen LogP contribution is -2.28. The normalized spacial score (nSPS) is 18.7. The van der Waals surface area contributed by atoms with Crippen LogP contribution in [0.4, 0.5) is 0 Å². The van der Waals surface area contributed by atoms with Gasteiger partial charge in [0.05, 0.1) is 18.2 Å². The van der Waals surface area contributed by atoms with Crippen molar-refractivity contribution in [1.82, 2.24) is 9.55 Å². The van der Waals surface area contributed by atoms with Crippen LogP contribution < -0.4 is 5.56 Å². The molecule has 1 aliphatic heterocycles. The Morgan fingerprint density at radius 2 is 2.28 bits per heavy atom. The van der Waals surface area contributed by atoms with Crippen LogP contribution in [0.25, 0.3) is 0 Å². The van der Waals surface area contributed by atoms with E-state index < -0.39 is 5.97 Å². The van der Waals surface area contributed by atoms with Gasteiger partial charge >= 0.3 is 5.97 Å². The van der Waals surface area contributed by atoms with Gasteiger partial charge < -0.3 is 5.11 Å². The Bertz CT molecular complexity index is 545. The number of nitrogens with zero attached hydrogens (tertiary/aromatic N) is 2. The van der Waals surface area contributed by atoms with E-state index in [1.54, 1.807) is 0 Å². The molecule has 0 saturated carbocycles. The minimum atomic E-state index is -0.889. The maximum absolute atomic E-state index is 12.1. The molecule has 0 bridgehead atoms. The molecule has 0 fully saturated rings. The molecule has 0 spiro atoms. The maximum Gasteiger partial charge on any atom is 0.305 e. The molecule has 0 radical (unpaired) electrons. The van der Waals surface area contributed by atoms with Crippen LogP contribution in [0, 0.1) is 0 Å². The second kappa shape index (κ2) is 4.42. The lowest BCUT2D eigenvalue weighted by Gasteiger charge is -2.19. The van der Waals surface area contributed by atoms with Gasteiger partial charge in [0.15, 0.2) is 5.16 Å². The third-order valence-electron chi connectivity index (χ3n) is 2.87. The van der Waals surface area contributed by atoms with Gasteiger partial charge in [-0.3, -0.25) is 14.2 Å². The summed E-state index contributed by atoms with van der Waals surface area (Å²) in [6, 6.07) is 1.24. The number of aromatic nitrogens is 2. The fourth-order valence-electron chi connectivity index (χ4n) is 1.89. The first-order valence-electron chi connectivity index (χ1n) is 5.77. The number of carboxylic acid groups (broad SMARTS) is 1. The third kappa shape index (κ3) is 2.43. The Morgan fingerprint density at radius 3 is 2.83 bits per heavy atom. The number of carboxylic acids is 1. The minimum absolute atomic E-state index is 0.0313. The maximum atomic E-state index is 12.1. The van der Waals surface area contributed by atoms with Gasteiger partial charge in [-0.1, -0.05) is 32.5 Å². The summed E-state index contributed by atoms with van der Waals surface area (Å²) in [4.78, 5) is 27.3. The van der Waals surface area contributed by atoms with Gasteiger partial charge in [0, 0.05) is 17.2 Å². The molecule has 6 heteroatoms. The molecule has 1 aromatic heterocycles. The highest BCUT2D eigenvalue weighted by atomic mass is 32.2. The van der Waals surface area contributed by atoms with E-state index in [1.807, 2.05) is 20.8 Å². The summed E-state index contributed by atoms with van der Waals surface area (Å²) in [6.45, 7) is 6.00. The van der Waals surface area contributed by atoms with Gasteiger partial charge in [-0.25, -0.2) is 4.98 Å². The van der Waals surface area contributed by atoms with Crippen LogP contribution in [0.2, 0.25) is 0 Å². The predicted octanol–water partition coefficient (Wildman–Crippen LogP) is 1.66. The van der Waals surface area contributed by atoms with E-state index >= 15 is 0 Å². The first-order chi connectivity index (χ1) is 8.29. The van der Waals surface area contributed by atoms with Crippen LogP contribution in [0.1, 0.15) is 38.9 Å². The molecule has 2 heterocycles. The summed E-state index contributed by atoms with van der Waals surface area (Å²) in [5, 5.41) is 9.47. The van der Waals surface area contributed by atoms with Crippen molar-refractivity contribution in [2.75, 3.05) is 5.75 Å². The average molecular weight is 268 g/mol. The molecule has 0 aliphatic carbocycles. The highest BCUT2D eigenvalue weighted by molar-refractivity contribution is 7.99. The summed E-state index contributed by atoms with van der Waals surface area (Å²) in [5.41, 5.74) is 0.420. The Kier molecular flexibility index (Phi) is 3.23. The Balaban J connectivity index is 2.44. The topological polar surface area (TPSA) is 72.2 Å². The van der Waals surface area contributed by atoms with Gasteiger partial charge in [0.1, 0.15) is 0 Å². The largest absolute Gasteiger partial charge is 0.481 e. The van der Waals surface area contributed by atoms with Crippen molar-refractivity contribution in [2.24, 2.45) is 0 Å². The molecular weight excluding hydrogens is 252 g/mol. The van der Waals surface area contributed by atoms with Crippen molar-refractivity contribution in [1.29, 1.82) is 0 Å². The molecule has 0 amide bonds. The summed E-state index contributed by atoms with van der Waals surface area (Å²) in [5.74, 6) is -0.289. The van der Waals surface area contributed by atoms with Crippen molar-refractivity contribution >= 4 is 17.7 Å². The Labute approximate surface area is 109 Å². The van der Waals surface area contributed by atoms with Gasteiger partial charge in [-0.15, -0.1) is 0 Å². The standard InChI is InChI=1S/C12H16N2O3S/c1-12(2,3)8-5-9(15)14-7(4-10(16)17)6-18-11(14)13-8/h5,7H,4,6H2,1-3H3,(H,16,17)/t7-/m1/s1. The summed E-state index contributed by atoms with van der Waals surface area (Å²) in [6.07, 6.45) is -0.0313. The molecule has 0 aromatic carbocycles. The van der Waals surface area contributed by atoms with Gasteiger partial charge in [-0.2, -0.15) is 0 Å². The zero-order chi connectivity index (χ0) is 13.5. The second-order valence-corrected chi connectivity index (χ2v) is 6.43. The monoisotopic (exact) mass is 268 g/mol. The van der Waals surface area contributed by atoms with E-state index in [0.717, 1.165) is 5.69 Å². The van der Waals surface area contributed by atoms with E-state index in [4.69, 9.17) is 5.11 Å². The third-order valence-corrected chi connectivity index (χ3v) is 3.97. The zero-order valence-corrected chi connectivity index (χ0v) is 11.5. The number of fused-ring (bicyclic) bond motifs is 1. The van der Waals surface area contributed by atoms with Crippen molar-refractivity contribution in [2.45, 2.75) is 43.8 Å². The van der Waals surface area contributed by atoms with Crippen LogP contribution in [-0.4, -0.2) is 26.4 Å². The van der Waals surface area contributed by atoms with Crippen molar-refractivity contribution in [3.63, 3.8) is 0 Å². The van der Waals surface area contributed by atoms with Crippen LogP contribution in [0.5, 0.6) is 0 Å². The van der Waals surface area contributed by atoms with E-state index in [9.17, 15) is 9.59 Å². The minimum Gasteiger partial charge on any atom is -0.481 e. The summed E-state index contributed by atoms with van der Waals surface area (Å²) >= 11 is 1.45. The number of aliphatic carboxylic acids is 1. The first-order valence-corrected chi connectivity index (χ1v) is 6.76. The number of carbonyl (C=O) groups is 1. The summed E-state index contributed by atoms with van der Waals surface area (Å²) in [7, 11) is 0. The van der Waals surface area contributed by atoms with E-state index in [0.29, 0.717) is 10.9 Å². The SMILES string of the molecule is CC(C)(C)c1cc(=O)n2c(n1)SC[C@H]2CC(=O)O. The van der Waals surface area contributed by atoms with Crippen LogP contribution in [0.3, 0.4) is 0 Å². The second-order valence-electron chi connectivity index (χ2n) is 5.44. The molecule has 0 unspecified atom stereocenters. The molecule has 2 rings (SSSR count). The Morgan fingerprint density at radius 1 is 1.61 bits per heavy atom. The molecule has 5 nitrogen and oxygen atoms in total. The predicted molar refractivity (Wildman–Crippen MR) is 69.2 cm³/mol. The molecule has 1 aromatic rings. The summed E-state index contributed by atoms with van der Waals surface area (Å²) < 4.78 is 1.51. The van der Waals surface area contributed by atoms with E-state index in [-0.39, 0.29) is 23.4 Å². The highest BCUT2D eigenvalue weighted by Gasteiger charge is 2.29. The number of hydrogen-bond acceptors (Lipinski definition) is 4. The smallest absolute Gasteiger partial charge is 0.305 e.